The molecule has 5 nitrogen and oxygen atoms in total. The Morgan fingerprint density at radius 1 is 0.897 bits per heavy atom. The summed E-state index contributed by atoms with van der Waals surface area (Å²) in [5.74, 6) is 1.60. The van der Waals surface area contributed by atoms with Gasteiger partial charge in [-0.2, -0.15) is 0 Å². The number of carbonyl (C=O) groups excluding carboxylic acids is 1. The third-order valence-corrected chi connectivity index (χ3v) is 8.87. The molecule has 1 aromatic rings. The molecule has 5 heteroatoms. The number of aliphatic hydroxyl groups is 1. The van der Waals surface area contributed by atoms with Crippen molar-refractivity contribution in [2.75, 3.05) is 26.8 Å². The molecule has 0 radical (unpaired) electrons. The van der Waals surface area contributed by atoms with E-state index < -0.39 is 6.10 Å². The first-order valence-corrected chi connectivity index (χ1v) is 16.4. The van der Waals surface area contributed by atoms with Crippen LogP contribution in [0.4, 0.5) is 0 Å². The molecule has 1 aliphatic heterocycles. The van der Waals surface area contributed by atoms with Crippen LogP contribution in [0.2, 0.25) is 0 Å². The Bertz CT molecular complexity index is 818. The van der Waals surface area contributed by atoms with Crippen LogP contribution in [0.5, 0.6) is 11.5 Å². The second-order valence-electron chi connectivity index (χ2n) is 12.2. The first-order valence-electron chi connectivity index (χ1n) is 16.4. The first kappa shape index (κ1) is 31.9. The maximum Gasteiger partial charge on any atom is 0.161 e. The van der Waals surface area contributed by atoms with E-state index in [2.05, 4.69) is 18.9 Å². The van der Waals surface area contributed by atoms with E-state index in [0.29, 0.717) is 43.6 Å². The predicted molar refractivity (Wildman–Crippen MR) is 165 cm³/mol. The van der Waals surface area contributed by atoms with Crippen LogP contribution in [-0.4, -0.2) is 48.6 Å². The van der Waals surface area contributed by atoms with Crippen molar-refractivity contribution in [3.05, 3.63) is 23.8 Å². The molecule has 1 aromatic carbocycles. The van der Waals surface area contributed by atoms with Gasteiger partial charge in [0.1, 0.15) is 19.0 Å². The monoisotopic (exact) mass is 547 g/mol. The highest BCUT2D eigenvalue weighted by Gasteiger charge is 2.29. The Hall–Kier alpha value is -1.59. The summed E-state index contributed by atoms with van der Waals surface area (Å²) in [6.07, 6.45) is 22.4. The van der Waals surface area contributed by atoms with E-state index in [9.17, 15) is 9.90 Å². The Morgan fingerprint density at radius 3 is 2.08 bits per heavy atom. The summed E-state index contributed by atoms with van der Waals surface area (Å²) in [4.78, 5) is 15.4. The third-order valence-electron chi connectivity index (χ3n) is 8.87. The summed E-state index contributed by atoms with van der Waals surface area (Å²) in [6, 6.07) is 6.28. The molecule has 1 fully saturated rings. The quantitative estimate of drug-likeness (QED) is 0.156. The summed E-state index contributed by atoms with van der Waals surface area (Å²) in [5.41, 5.74) is 0.817. The van der Waals surface area contributed by atoms with Crippen molar-refractivity contribution >= 4 is 5.78 Å². The van der Waals surface area contributed by atoms with Gasteiger partial charge in [-0.3, -0.25) is 4.79 Å². The van der Waals surface area contributed by atoms with Crippen LogP contribution in [0.1, 0.15) is 143 Å². The fourth-order valence-electron chi connectivity index (χ4n) is 6.39. The maximum atomic E-state index is 13.1. The Kier molecular flexibility index (Phi) is 15.3. The number of fused-ring (bicyclic) bond motifs is 1. The Balaban J connectivity index is 0.00000420. The highest BCUT2D eigenvalue weighted by molar-refractivity contribution is 5.78. The second-order valence-corrected chi connectivity index (χ2v) is 12.2. The van der Waals surface area contributed by atoms with Crippen molar-refractivity contribution in [1.29, 1.82) is 0 Å². The highest BCUT2D eigenvalue weighted by atomic mass is 16.6. The van der Waals surface area contributed by atoms with Crippen LogP contribution in [-0.2, 0) is 4.79 Å². The molecule has 1 aliphatic carbocycles. The number of hydrogen-bond acceptors (Lipinski definition) is 5. The molecule has 1 saturated carbocycles. The SMILES string of the molecule is CCCCCCCCCCCCCCCC(=O)C[C@H](CN(C)C1CCCC1)[C@@H](O)c1ccc2c(c1)OCCO2.[HH].[HH]. The minimum atomic E-state index is -0.694. The highest BCUT2D eigenvalue weighted by Crippen LogP contribution is 2.36. The normalized spacial score (nSPS) is 17.0. The summed E-state index contributed by atoms with van der Waals surface area (Å²) in [7, 11) is 2.16. The average Bonchev–Trinajstić information content (AvgIpc) is 3.50. The van der Waals surface area contributed by atoms with Crippen LogP contribution < -0.4 is 9.47 Å². The molecule has 1 N–H and O–H groups in total. The van der Waals surface area contributed by atoms with Crippen molar-refractivity contribution < 1.29 is 22.2 Å². The van der Waals surface area contributed by atoms with E-state index in [1.54, 1.807) is 0 Å². The van der Waals surface area contributed by atoms with Gasteiger partial charge in [0.15, 0.2) is 11.5 Å². The van der Waals surface area contributed by atoms with E-state index in [1.807, 2.05) is 18.2 Å². The zero-order valence-corrected chi connectivity index (χ0v) is 25.1. The van der Waals surface area contributed by atoms with Gasteiger partial charge in [0, 0.05) is 34.2 Å². The van der Waals surface area contributed by atoms with Gasteiger partial charge in [-0.1, -0.05) is 103 Å². The number of unbranched alkanes of at least 4 members (excludes halogenated alkanes) is 12. The van der Waals surface area contributed by atoms with Crippen LogP contribution >= 0.6 is 0 Å². The third kappa shape index (κ3) is 11.8. The number of ketones is 1. The fourth-order valence-corrected chi connectivity index (χ4v) is 6.39. The molecular formula is C34H61NO4. The lowest BCUT2D eigenvalue weighted by Crippen LogP contribution is -2.36. The smallest absolute Gasteiger partial charge is 0.161 e. The minimum absolute atomic E-state index is 0. The number of hydrogen-bond donors (Lipinski definition) is 1. The topological polar surface area (TPSA) is 59.0 Å². The average molecular weight is 548 g/mol. The fraction of sp³-hybridized carbons (Fsp3) is 0.794. The minimum Gasteiger partial charge on any atom is -0.486 e. The molecule has 0 aromatic heterocycles. The molecule has 2 atom stereocenters. The lowest BCUT2D eigenvalue weighted by Gasteiger charge is -2.31. The van der Waals surface area contributed by atoms with E-state index in [-0.39, 0.29) is 8.77 Å². The largest absolute Gasteiger partial charge is 0.486 e. The zero-order valence-electron chi connectivity index (χ0n) is 25.1. The van der Waals surface area contributed by atoms with Crippen LogP contribution in [0.15, 0.2) is 18.2 Å². The molecule has 1 heterocycles. The Morgan fingerprint density at radius 2 is 1.46 bits per heavy atom. The lowest BCUT2D eigenvalue weighted by molar-refractivity contribution is -0.121. The number of Topliss-reactive ketones (excluding diaryl/α,β-unsaturated/α-hetero) is 1. The van der Waals surface area contributed by atoms with Gasteiger partial charge in [-0.05, 0) is 44.0 Å². The molecule has 0 bridgehead atoms. The molecule has 0 unspecified atom stereocenters. The number of benzene rings is 1. The van der Waals surface area contributed by atoms with Gasteiger partial charge in [0.2, 0.25) is 0 Å². The van der Waals surface area contributed by atoms with Crippen molar-refractivity contribution in [2.45, 2.75) is 141 Å². The van der Waals surface area contributed by atoms with Gasteiger partial charge < -0.3 is 19.5 Å². The van der Waals surface area contributed by atoms with Crippen LogP contribution in [0.25, 0.3) is 0 Å². The van der Waals surface area contributed by atoms with Crippen molar-refractivity contribution in [3.63, 3.8) is 0 Å². The van der Waals surface area contributed by atoms with Gasteiger partial charge in [0.25, 0.3) is 0 Å². The molecule has 0 amide bonds. The summed E-state index contributed by atoms with van der Waals surface area (Å²) in [5, 5.41) is 11.4. The van der Waals surface area contributed by atoms with Gasteiger partial charge in [-0.15, -0.1) is 0 Å². The van der Waals surface area contributed by atoms with E-state index in [4.69, 9.17) is 9.47 Å². The number of nitrogens with zero attached hydrogens (tertiary/aromatic N) is 1. The summed E-state index contributed by atoms with van der Waals surface area (Å²) in [6.45, 7) is 4.09. The van der Waals surface area contributed by atoms with Crippen LogP contribution in [0, 0.1) is 5.92 Å². The number of aliphatic hydroxyl groups excluding tert-OH is 1. The lowest BCUT2D eigenvalue weighted by atomic mass is 9.89. The van der Waals surface area contributed by atoms with Crippen LogP contribution in [0.3, 0.4) is 0 Å². The van der Waals surface area contributed by atoms with Crippen molar-refractivity contribution in [1.82, 2.24) is 4.90 Å². The molecule has 2 aliphatic rings. The van der Waals surface area contributed by atoms with Gasteiger partial charge in [-0.25, -0.2) is 0 Å². The number of rotatable bonds is 21. The van der Waals surface area contributed by atoms with E-state index in [1.165, 1.54) is 96.3 Å². The molecule has 0 saturated heterocycles. The van der Waals surface area contributed by atoms with Crippen molar-refractivity contribution in [3.8, 4) is 11.5 Å². The molecular weight excluding hydrogens is 486 g/mol. The molecule has 3 rings (SSSR count). The molecule has 226 valence electrons. The second kappa shape index (κ2) is 18.7. The number of carbonyl (C=O) groups is 1. The number of ether oxygens (including phenoxy) is 2. The maximum absolute atomic E-state index is 13.1. The van der Waals surface area contributed by atoms with Crippen molar-refractivity contribution in [2.24, 2.45) is 5.92 Å². The van der Waals surface area contributed by atoms with E-state index >= 15 is 0 Å². The molecule has 39 heavy (non-hydrogen) atoms. The summed E-state index contributed by atoms with van der Waals surface area (Å²) < 4.78 is 11.4. The van der Waals surface area contributed by atoms with Gasteiger partial charge >= 0.3 is 0 Å². The predicted octanol–water partition coefficient (Wildman–Crippen LogP) is 8.91. The first-order chi connectivity index (χ1) is 19.1. The Labute approximate surface area is 242 Å². The summed E-state index contributed by atoms with van der Waals surface area (Å²) >= 11 is 0. The zero-order chi connectivity index (χ0) is 27.7. The van der Waals surface area contributed by atoms with Gasteiger partial charge in [0.05, 0.1) is 6.10 Å². The molecule has 0 spiro atoms. The van der Waals surface area contributed by atoms with E-state index in [0.717, 1.165) is 30.7 Å². The standard InChI is InChI=1S/C34H57NO4.2H2/c1-3-4-5-6-7-8-9-10-11-12-13-14-15-20-31(36)25-29(27-35(2)30-18-16-17-19-30)34(37)28-21-22-32-33(26-28)39-24-23-38-32;;/h21-22,26,29-30,34,37H,3-20,23-25,27H2,1-2H3;2*1H/t29-,34+;;/m1../s1.